The van der Waals surface area contributed by atoms with Crippen LogP contribution in [0.15, 0.2) is 0 Å². The van der Waals surface area contributed by atoms with E-state index < -0.39 is 31.9 Å². The van der Waals surface area contributed by atoms with Crippen molar-refractivity contribution in [3.63, 3.8) is 0 Å². The Hall–Kier alpha value is 1.66. The lowest BCUT2D eigenvalue weighted by Crippen LogP contribution is -2.60. The Bertz CT molecular complexity index is 285. The second-order valence-corrected chi connectivity index (χ2v) is 7.55. The minimum atomic E-state index is -1.37. The van der Waals surface area contributed by atoms with Crippen LogP contribution in [0.2, 0.25) is 0 Å². The molecule has 0 amide bonds. The maximum absolute atomic E-state index is 6.19. The Labute approximate surface area is 130 Å². The summed E-state index contributed by atoms with van der Waals surface area (Å²) in [5, 5.41) is -2.53. The Kier molecular flexibility index (Phi) is 4.93. The zero-order valence-corrected chi connectivity index (χ0v) is 13.0. The molecule has 1 saturated carbocycles. The highest BCUT2D eigenvalue weighted by Gasteiger charge is 2.57. The number of halogens is 6. The number of ether oxygens (including phenoxy) is 2. The van der Waals surface area contributed by atoms with Gasteiger partial charge in [0.2, 0.25) is 0 Å². The molecule has 2 nitrogen and oxygen atoms in total. The average Bonchev–Trinajstić information content (AvgIpc) is 3.08. The Balaban J connectivity index is 2.08. The van der Waals surface area contributed by atoms with Crippen LogP contribution in [0.1, 0.15) is 0 Å². The van der Waals surface area contributed by atoms with Crippen molar-refractivity contribution < 1.29 is 9.47 Å². The van der Waals surface area contributed by atoms with Gasteiger partial charge in [-0.05, 0) is 0 Å². The topological polar surface area (TPSA) is 21.8 Å². The van der Waals surface area contributed by atoms with Crippen LogP contribution in [0.25, 0.3) is 0 Å². The smallest absolute Gasteiger partial charge is 0.163 e. The van der Waals surface area contributed by atoms with Gasteiger partial charge >= 0.3 is 0 Å². The van der Waals surface area contributed by atoms with Gasteiger partial charge in [0.15, 0.2) is 4.33 Å². The fraction of sp³-hybridized carbons (Fsp3) is 1.00. The molecule has 0 bridgehead atoms. The summed E-state index contributed by atoms with van der Waals surface area (Å²) < 4.78 is 9.23. The Morgan fingerprint density at radius 2 is 1.65 bits per heavy atom. The number of epoxide rings is 1. The first kappa shape index (κ1) is 15.1. The molecular formula is C9H10Cl6O2. The van der Waals surface area contributed by atoms with Crippen molar-refractivity contribution in [2.75, 3.05) is 13.2 Å². The second-order valence-electron chi connectivity index (χ2n) is 4.12. The van der Waals surface area contributed by atoms with Gasteiger partial charge in [0.25, 0.3) is 0 Å². The van der Waals surface area contributed by atoms with Crippen molar-refractivity contribution in [1.82, 2.24) is 0 Å². The minimum absolute atomic E-state index is 0.0827. The second kappa shape index (κ2) is 5.57. The van der Waals surface area contributed by atoms with Crippen LogP contribution in [-0.4, -0.2) is 51.3 Å². The van der Waals surface area contributed by atoms with E-state index in [4.69, 9.17) is 79.1 Å². The third-order valence-corrected chi connectivity index (χ3v) is 6.48. The zero-order chi connectivity index (χ0) is 12.8. The van der Waals surface area contributed by atoms with Crippen LogP contribution in [0.3, 0.4) is 0 Å². The highest BCUT2D eigenvalue weighted by atomic mass is 35.5. The van der Waals surface area contributed by atoms with E-state index in [0.29, 0.717) is 13.2 Å². The van der Waals surface area contributed by atoms with E-state index in [-0.39, 0.29) is 6.10 Å². The fourth-order valence-electron chi connectivity index (χ4n) is 1.66. The molecule has 0 spiro atoms. The van der Waals surface area contributed by atoms with Crippen LogP contribution in [0.4, 0.5) is 0 Å². The lowest BCUT2D eigenvalue weighted by molar-refractivity contribution is 0.0192. The minimum Gasteiger partial charge on any atom is -0.371 e. The maximum atomic E-state index is 6.19. The molecule has 6 unspecified atom stereocenters. The predicted molar refractivity (Wildman–Crippen MR) is 72.5 cm³/mol. The molecule has 0 radical (unpaired) electrons. The molecule has 2 aliphatic rings. The summed E-state index contributed by atoms with van der Waals surface area (Å²) in [5.41, 5.74) is 0. The number of hydrogen-bond acceptors (Lipinski definition) is 2. The average molecular weight is 363 g/mol. The van der Waals surface area contributed by atoms with Crippen LogP contribution < -0.4 is 0 Å². The van der Waals surface area contributed by atoms with Gasteiger partial charge in [0, 0.05) is 0 Å². The summed E-state index contributed by atoms with van der Waals surface area (Å²) in [7, 11) is 0. The predicted octanol–water partition coefficient (Wildman–Crippen LogP) is 3.39. The summed E-state index contributed by atoms with van der Waals surface area (Å²) in [6.07, 6.45) is -0.601. The SMILES string of the molecule is ClC1C(Cl)C(Cl)C(Cl)(Cl)C(OCC2CO2)C1Cl. The van der Waals surface area contributed by atoms with Crippen molar-refractivity contribution >= 4 is 69.6 Å². The molecule has 1 saturated heterocycles. The normalized spacial score (nSPS) is 49.1. The molecule has 0 aromatic heterocycles. The molecule has 0 N–H and O–H groups in total. The molecule has 6 atom stereocenters. The first-order valence-electron chi connectivity index (χ1n) is 5.03. The van der Waals surface area contributed by atoms with Crippen molar-refractivity contribution in [2.24, 2.45) is 0 Å². The van der Waals surface area contributed by atoms with Crippen molar-refractivity contribution in [1.29, 1.82) is 0 Å². The first-order chi connectivity index (χ1) is 7.85. The summed E-state index contributed by atoms with van der Waals surface area (Å²) in [6, 6.07) is 0. The number of hydrogen-bond donors (Lipinski definition) is 0. The third kappa shape index (κ3) is 3.05. The third-order valence-electron chi connectivity index (χ3n) is 2.79. The molecule has 2 rings (SSSR count). The molecule has 2 fully saturated rings. The van der Waals surface area contributed by atoms with Gasteiger partial charge in [-0.3, -0.25) is 0 Å². The van der Waals surface area contributed by atoms with Gasteiger partial charge in [-0.2, -0.15) is 0 Å². The van der Waals surface area contributed by atoms with E-state index in [1.54, 1.807) is 0 Å². The Morgan fingerprint density at radius 1 is 1.06 bits per heavy atom. The van der Waals surface area contributed by atoms with Crippen molar-refractivity contribution in [3.05, 3.63) is 0 Å². The summed E-state index contributed by atoms with van der Waals surface area (Å²) in [4.78, 5) is 0. The molecule has 1 heterocycles. The highest BCUT2D eigenvalue weighted by Crippen LogP contribution is 2.48. The van der Waals surface area contributed by atoms with E-state index >= 15 is 0 Å². The zero-order valence-electron chi connectivity index (χ0n) is 8.46. The van der Waals surface area contributed by atoms with E-state index in [1.165, 1.54) is 0 Å². The number of rotatable bonds is 3. The summed E-state index contributed by atoms with van der Waals surface area (Å²) in [6.45, 7) is 1.04. The molecule has 17 heavy (non-hydrogen) atoms. The molecule has 0 aromatic carbocycles. The Morgan fingerprint density at radius 3 is 2.18 bits per heavy atom. The molecule has 0 aromatic rings. The van der Waals surface area contributed by atoms with E-state index in [0.717, 1.165) is 0 Å². The molecule has 1 aliphatic carbocycles. The van der Waals surface area contributed by atoms with E-state index in [9.17, 15) is 0 Å². The largest absolute Gasteiger partial charge is 0.371 e. The molecule has 8 heteroatoms. The maximum Gasteiger partial charge on any atom is 0.163 e. The quantitative estimate of drug-likeness (QED) is 0.567. The standard InChI is InChI=1S/C9H10Cl6O2/c10-4-5(11)7(13)9(14,15)8(6(4)12)17-2-3-1-16-3/h3-8H,1-2H2. The van der Waals surface area contributed by atoms with Crippen LogP contribution >= 0.6 is 69.6 Å². The van der Waals surface area contributed by atoms with Crippen molar-refractivity contribution in [3.8, 4) is 0 Å². The van der Waals surface area contributed by atoms with Gasteiger partial charge < -0.3 is 9.47 Å². The summed E-state index contributed by atoms with van der Waals surface area (Å²) >= 11 is 36.8. The fourth-order valence-corrected chi connectivity index (χ4v) is 4.08. The highest BCUT2D eigenvalue weighted by molar-refractivity contribution is 6.55. The summed E-state index contributed by atoms with van der Waals surface area (Å²) in [5.74, 6) is 0. The van der Waals surface area contributed by atoms with Gasteiger partial charge in [0.05, 0.1) is 34.7 Å². The van der Waals surface area contributed by atoms with Crippen molar-refractivity contribution in [2.45, 2.75) is 38.0 Å². The van der Waals surface area contributed by atoms with E-state index in [2.05, 4.69) is 0 Å². The molecule has 1 aliphatic heterocycles. The van der Waals surface area contributed by atoms with Gasteiger partial charge in [-0.25, -0.2) is 0 Å². The first-order valence-corrected chi connectivity index (χ1v) is 7.53. The number of alkyl halides is 6. The van der Waals surface area contributed by atoms with Gasteiger partial charge in [-0.15, -0.1) is 46.4 Å². The monoisotopic (exact) mass is 360 g/mol. The lowest BCUT2D eigenvalue weighted by atomic mass is 9.94. The van der Waals surface area contributed by atoms with Crippen LogP contribution in [-0.2, 0) is 9.47 Å². The van der Waals surface area contributed by atoms with Gasteiger partial charge in [0.1, 0.15) is 12.2 Å². The van der Waals surface area contributed by atoms with Crippen LogP contribution in [0, 0.1) is 0 Å². The molecule has 100 valence electrons. The van der Waals surface area contributed by atoms with Gasteiger partial charge in [-0.1, -0.05) is 23.2 Å². The van der Waals surface area contributed by atoms with E-state index in [1.807, 2.05) is 0 Å². The molecular weight excluding hydrogens is 353 g/mol. The lowest BCUT2D eigenvalue weighted by Gasteiger charge is -2.45. The van der Waals surface area contributed by atoms with Crippen LogP contribution in [0.5, 0.6) is 0 Å².